The predicted octanol–water partition coefficient (Wildman–Crippen LogP) is 2.48. The Morgan fingerprint density at radius 2 is 1.88 bits per heavy atom. The van der Waals surface area contributed by atoms with E-state index in [2.05, 4.69) is 9.97 Å². The van der Waals surface area contributed by atoms with Crippen molar-refractivity contribution in [2.75, 3.05) is 5.73 Å². The fourth-order valence-electron chi connectivity index (χ4n) is 1.47. The number of rotatable bonds is 1. The van der Waals surface area contributed by atoms with Gasteiger partial charge >= 0.3 is 0 Å². The Morgan fingerprint density at radius 3 is 2.56 bits per heavy atom. The molecular weight excluding hydrogens is 205 g/mol. The molecular formula is C12H12FN3. The lowest BCUT2D eigenvalue weighted by molar-refractivity contribution is 0.624. The first kappa shape index (κ1) is 10.5. The standard InChI is InChI=1S/C12H12FN3/c1-7-3-4-9(5-8(7)2)11-10(13)12(14)16-6-15-11/h3-6H,1-2H3,(H2,14,15,16). The molecule has 0 saturated carbocycles. The molecule has 2 N–H and O–H groups in total. The quantitative estimate of drug-likeness (QED) is 0.798. The number of halogens is 1. The highest BCUT2D eigenvalue weighted by atomic mass is 19.1. The highest BCUT2D eigenvalue weighted by molar-refractivity contribution is 5.63. The van der Waals surface area contributed by atoms with Crippen LogP contribution < -0.4 is 5.73 Å². The number of anilines is 1. The van der Waals surface area contributed by atoms with Gasteiger partial charge in [0.2, 0.25) is 0 Å². The van der Waals surface area contributed by atoms with Gasteiger partial charge in [-0.2, -0.15) is 0 Å². The fourth-order valence-corrected chi connectivity index (χ4v) is 1.47. The molecule has 16 heavy (non-hydrogen) atoms. The van der Waals surface area contributed by atoms with Crippen molar-refractivity contribution in [1.29, 1.82) is 0 Å². The minimum Gasteiger partial charge on any atom is -0.381 e. The zero-order valence-corrected chi connectivity index (χ0v) is 9.16. The van der Waals surface area contributed by atoms with Gasteiger partial charge in [-0.25, -0.2) is 14.4 Å². The molecule has 82 valence electrons. The summed E-state index contributed by atoms with van der Waals surface area (Å²) in [6.07, 6.45) is 1.27. The normalized spacial score (nSPS) is 10.4. The van der Waals surface area contributed by atoms with Crippen LogP contribution >= 0.6 is 0 Å². The van der Waals surface area contributed by atoms with Crippen molar-refractivity contribution in [3.05, 3.63) is 41.5 Å². The van der Waals surface area contributed by atoms with E-state index in [1.165, 1.54) is 6.33 Å². The highest BCUT2D eigenvalue weighted by Gasteiger charge is 2.10. The van der Waals surface area contributed by atoms with E-state index in [1.807, 2.05) is 32.0 Å². The summed E-state index contributed by atoms with van der Waals surface area (Å²) in [5.74, 6) is -0.686. The van der Waals surface area contributed by atoms with Gasteiger partial charge < -0.3 is 5.73 Å². The van der Waals surface area contributed by atoms with E-state index in [0.29, 0.717) is 0 Å². The third kappa shape index (κ3) is 1.74. The van der Waals surface area contributed by atoms with Gasteiger partial charge in [-0.15, -0.1) is 0 Å². The Hall–Kier alpha value is -1.97. The van der Waals surface area contributed by atoms with Crippen molar-refractivity contribution in [2.45, 2.75) is 13.8 Å². The van der Waals surface area contributed by atoms with Gasteiger partial charge in [0.15, 0.2) is 11.6 Å². The summed E-state index contributed by atoms with van der Waals surface area (Å²) < 4.78 is 13.7. The second kappa shape index (κ2) is 3.89. The maximum Gasteiger partial charge on any atom is 0.191 e. The van der Waals surface area contributed by atoms with Gasteiger partial charge in [-0.3, -0.25) is 0 Å². The van der Waals surface area contributed by atoms with Crippen LogP contribution in [-0.2, 0) is 0 Å². The molecule has 0 aliphatic carbocycles. The first-order chi connectivity index (χ1) is 7.59. The molecule has 0 atom stereocenters. The van der Waals surface area contributed by atoms with Crippen molar-refractivity contribution in [2.24, 2.45) is 0 Å². The molecule has 0 amide bonds. The lowest BCUT2D eigenvalue weighted by Gasteiger charge is -2.06. The first-order valence-electron chi connectivity index (χ1n) is 4.93. The summed E-state index contributed by atoms with van der Waals surface area (Å²) in [7, 11) is 0. The molecule has 1 heterocycles. The molecule has 0 fully saturated rings. The first-order valence-corrected chi connectivity index (χ1v) is 4.93. The molecule has 0 bridgehead atoms. The average Bonchev–Trinajstić information content (AvgIpc) is 2.26. The largest absolute Gasteiger partial charge is 0.381 e. The van der Waals surface area contributed by atoms with Crippen LogP contribution in [0.2, 0.25) is 0 Å². The van der Waals surface area contributed by atoms with E-state index >= 15 is 0 Å². The lowest BCUT2D eigenvalue weighted by Crippen LogP contribution is -1.99. The van der Waals surface area contributed by atoms with E-state index in [-0.39, 0.29) is 11.5 Å². The molecule has 2 rings (SSSR count). The molecule has 0 saturated heterocycles. The SMILES string of the molecule is Cc1ccc(-c2ncnc(N)c2F)cc1C. The summed E-state index contributed by atoms with van der Waals surface area (Å²) in [4.78, 5) is 7.51. The van der Waals surface area contributed by atoms with Crippen molar-refractivity contribution >= 4 is 5.82 Å². The summed E-state index contributed by atoms with van der Waals surface area (Å²) >= 11 is 0. The second-order valence-electron chi connectivity index (χ2n) is 3.72. The Bertz CT molecular complexity index is 538. The topological polar surface area (TPSA) is 51.8 Å². The van der Waals surface area contributed by atoms with Gasteiger partial charge in [0, 0.05) is 5.56 Å². The van der Waals surface area contributed by atoms with Crippen LogP contribution in [0.15, 0.2) is 24.5 Å². The lowest BCUT2D eigenvalue weighted by atomic mass is 10.0. The van der Waals surface area contributed by atoms with Gasteiger partial charge in [0.05, 0.1) is 0 Å². The average molecular weight is 217 g/mol. The Balaban J connectivity index is 2.59. The number of aromatic nitrogens is 2. The third-order valence-electron chi connectivity index (χ3n) is 2.60. The van der Waals surface area contributed by atoms with Crippen LogP contribution in [-0.4, -0.2) is 9.97 Å². The number of hydrogen-bond acceptors (Lipinski definition) is 3. The Labute approximate surface area is 93.2 Å². The zero-order valence-electron chi connectivity index (χ0n) is 9.16. The molecule has 0 aliphatic heterocycles. The van der Waals surface area contributed by atoms with Crippen molar-refractivity contribution < 1.29 is 4.39 Å². The van der Waals surface area contributed by atoms with Crippen LogP contribution in [0, 0.1) is 19.7 Å². The minimum atomic E-state index is -0.564. The summed E-state index contributed by atoms with van der Waals surface area (Å²) in [6, 6.07) is 5.65. The summed E-state index contributed by atoms with van der Waals surface area (Å²) in [5.41, 5.74) is 8.61. The van der Waals surface area contributed by atoms with Crippen molar-refractivity contribution in [1.82, 2.24) is 9.97 Å². The third-order valence-corrected chi connectivity index (χ3v) is 2.60. The molecule has 1 aromatic carbocycles. The maximum atomic E-state index is 13.7. The van der Waals surface area contributed by atoms with Crippen molar-refractivity contribution in [3.8, 4) is 11.3 Å². The number of aryl methyl sites for hydroxylation is 2. The second-order valence-corrected chi connectivity index (χ2v) is 3.72. The summed E-state index contributed by atoms with van der Waals surface area (Å²) in [5, 5.41) is 0. The molecule has 0 aliphatic rings. The van der Waals surface area contributed by atoms with E-state index in [1.54, 1.807) is 0 Å². The van der Waals surface area contributed by atoms with E-state index in [9.17, 15) is 4.39 Å². The molecule has 0 radical (unpaired) electrons. The minimum absolute atomic E-state index is 0.122. The van der Waals surface area contributed by atoms with E-state index in [0.717, 1.165) is 16.7 Å². The number of nitrogens with two attached hydrogens (primary N) is 1. The Kier molecular flexibility index (Phi) is 2.56. The molecule has 1 aromatic heterocycles. The smallest absolute Gasteiger partial charge is 0.191 e. The molecule has 0 spiro atoms. The molecule has 4 heteroatoms. The van der Waals surface area contributed by atoms with Crippen LogP contribution in [0.25, 0.3) is 11.3 Å². The van der Waals surface area contributed by atoms with Crippen molar-refractivity contribution in [3.63, 3.8) is 0 Å². The number of benzene rings is 1. The number of nitrogen functional groups attached to an aromatic ring is 1. The van der Waals surface area contributed by atoms with Crippen LogP contribution in [0.3, 0.4) is 0 Å². The fraction of sp³-hybridized carbons (Fsp3) is 0.167. The van der Waals surface area contributed by atoms with Crippen LogP contribution in [0.1, 0.15) is 11.1 Å². The highest BCUT2D eigenvalue weighted by Crippen LogP contribution is 2.24. The van der Waals surface area contributed by atoms with Gasteiger partial charge in [0.1, 0.15) is 12.0 Å². The van der Waals surface area contributed by atoms with Crippen LogP contribution in [0.5, 0.6) is 0 Å². The zero-order chi connectivity index (χ0) is 11.7. The molecule has 3 nitrogen and oxygen atoms in total. The van der Waals surface area contributed by atoms with Gasteiger partial charge in [-0.1, -0.05) is 12.1 Å². The van der Waals surface area contributed by atoms with Gasteiger partial charge in [-0.05, 0) is 31.0 Å². The van der Waals surface area contributed by atoms with Crippen LogP contribution in [0.4, 0.5) is 10.2 Å². The van der Waals surface area contributed by atoms with Gasteiger partial charge in [0.25, 0.3) is 0 Å². The number of hydrogen-bond donors (Lipinski definition) is 1. The van der Waals surface area contributed by atoms with E-state index in [4.69, 9.17) is 5.73 Å². The Morgan fingerprint density at radius 1 is 1.12 bits per heavy atom. The summed E-state index contributed by atoms with van der Waals surface area (Å²) in [6.45, 7) is 3.98. The molecule has 0 unspecified atom stereocenters. The molecule has 2 aromatic rings. The monoisotopic (exact) mass is 217 g/mol. The maximum absolute atomic E-state index is 13.7. The predicted molar refractivity (Wildman–Crippen MR) is 61.3 cm³/mol. The number of nitrogens with zero attached hydrogens (tertiary/aromatic N) is 2. The van der Waals surface area contributed by atoms with E-state index < -0.39 is 5.82 Å².